The molecule has 0 spiro atoms. The predicted octanol–water partition coefficient (Wildman–Crippen LogP) is 11.2. The molecule has 1 aliphatic carbocycles. The van der Waals surface area contributed by atoms with Crippen LogP contribution >= 0.6 is 45.3 Å². The molecule has 1 nitrogen and oxygen atoms in total. The molecule has 6 rings (SSSR count). The van der Waals surface area contributed by atoms with Crippen LogP contribution in [0.15, 0.2) is 71.4 Å². The number of hydrogen-bond donors (Lipinski definition) is 0. The minimum Gasteiger partial charge on any atom is -0.494 e. The number of ether oxygens (including phenoxy) is 1. The van der Waals surface area contributed by atoms with Crippen LogP contribution in [0.3, 0.4) is 0 Å². The molecule has 0 saturated carbocycles. The van der Waals surface area contributed by atoms with E-state index in [4.69, 9.17) is 4.74 Å². The fraction of sp³-hybridized carbons (Fsp3) is 0.290. The molecule has 0 unspecified atom stereocenters. The number of rotatable bonds is 11. The maximum absolute atomic E-state index is 6.08. The minimum atomic E-state index is 0.289. The molecule has 0 aliphatic heterocycles. The van der Waals surface area contributed by atoms with Crippen molar-refractivity contribution in [2.24, 2.45) is 0 Å². The second kappa shape index (κ2) is 11.1. The van der Waals surface area contributed by atoms with Gasteiger partial charge in [-0.2, -0.15) is 0 Å². The van der Waals surface area contributed by atoms with Crippen LogP contribution in [0, 0.1) is 0 Å². The first-order valence-corrected chi connectivity index (χ1v) is 16.3. The lowest BCUT2D eigenvalue weighted by molar-refractivity contribution is 0.304. The molecule has 36 heavy (non-hydrogen) atoms. The fourth-order valence-corrected chi connectivity index (χ4v) is 9.25. The third-order valence-corrected chi connectivity index (χ3v) is 11.5. The van der Waals surface area contributed by atoms with E-state index in [1.807, 2.05) is 45.3 Å². The summed E-state index contributed by atoms with van der Waals surface area (Å²) in [5.41, 5.74) is 4.28. The van der Waals surface area contributed by atoms with Crippen molar-refractivity contribution in [1.29, 1.82) is 0 Å². The summed E-state index contributed by atoms with van der Waals surface area (Å²) in [6, 6.07) is 22.6. The van der Waals surface area contributed by atoms with Crippen molar-refractivity contribution in [2.45, 2.75) is 51.4 Å². The molecule has 5 aromatic rings. The Morgan fingerprint density at radius 2 is 1.25 bits per heavy atom. The number of thiophene rings is 4. The SMILES string of the molecule is CCCCCCCCOc1ccc(C2c3cc(-c4cccs4)sc3-c3sc(-c4cccs4)cc32)cc1. The van der Waals surface area contributed by atoms with Crippen LogP contribution in [0.4, 0.5) is 0 Å². The van der Waals surface area contributed by atoms with Gasteiger partial charge < -0.3 is 4.74 Å². The van der Waals surface area contributed by atoms with Crippen LogP contribution in [-0.2, 0) is 0 Å². The van der Waals surface area contributed by atoms with E-state index in [1.54, 1.807) is 0 Å². The van der Waals surface area contributed by atoms with Crippen molar-refractivity contribution < 1.29 is 4.74 Å². The fourth-order valence-electron chi connectivity index (χ4n) is 5.03. The molecule has 1 aliphatic rings. The van der Waals surface area contributed by atoms with Crippen LogP contribution in [0.1, 0.15) is 68.1 Å². The summed E-state index contributed by atoms with van der Waals surface area (Å²) in [5.74, 6) is 1.28. The molecule has 0 amide bonds. The molecule has 0 saturated heterocycles. The highest BCUT2D eigenvalue weighted by Gasteiger charge is 2.35. The largest absolute Gasteiger partial charge is 0.494 e. The predicted molar refractivity (Wildman–Crippen MR) is 161 cm³/mol. The Labute approximate surface area is 230 Å². The molecular formula is C31H30OS4. The van der Waals surface area contributed by atoms with Crippen LogP contribution in [0.25, 0.3) is 29.3 Å². The molecule has 0 bridgehead atoms. The van der Waals surface area contributed by atoms with Gasteiger partial charge in [-0.15, -0.1) is 45.3 Å². The minimum absolute atomic E-state index is 0.289. The second-order valence-electron chi connectivity index (χ2n) is 9.36. The third kappa shape index (κ3) is 4.87. The summed E-state index contributed by atoms with van der Waals surface area (Å²) in [4.78, 5) is 8.40. The van der Waals surface area contributed by atoms with Crippen LogP contribution in [0.5, 0.6) is 5.75 Å². The monoisotopic (exact) mass is 546 g/mol. The number of unbranched alkanes of at least 4 members (excludes halogenated alkanes) is 5. The quantitative estimate of drug-likeness (QED) is 0.147. The second-order valence-corrected chi connectivity index (χ2v) is 13.4. The maximum atomic E-state index is 6.08. The molecule has 4 heterocycles. The van der Waals surface area contributed by atoms with E-state index in [1.165, 1.54) is 78.1 Å². The zero-order chi connectivity index (χ0) is 24.3. The zero-order valence-electron chi connectivity index (χ0n) is 20.5. The molecule has 0 atom stereocenters. The molecule has 184 valence electrons. The van der Waals surface area contributed by atoms with E-state index >= 15 is 0 Å². The lowest BCUT2D eigenvalue weighted by Gasteiger charge is -2.14. The lowest BCUT2D eigenvalue weighted by atomic mass is 9.90. The average Bonchev–Trinajstić information content (AvgIpc) is 3.70. The standard InChI is InChI=1S/C31H30OS4/c1-2-3-4-5-6-7-16-32-22-14-12-21(13-15-22)29-23-19-27(25-10-8-17-33-25)35-30(23)31-24(29)20-28(36-31)26-11-9-18-34-26/h8-15,17-20,29H,2-7,16H2,1H3. The summed E-state index contributed by atoms with van der Waals surface area (Å²) in [6.07, 6.45) is 7.73. The average molecular weight is 547 g/mol. The van der Waals surface area contributed by atoms with Gasteiger partial charge in [0.2, 0.25) is 0 Å². The molecule has 0 N–H and O–H groups in total. The highest BCUT2D eigenvalue weighted by Crippen LogP contribution is 2.58. The van der Waals surface area contributed by atoms with Gasteiger partial charge in [0.15, 0.2) is 0 Å². The van der Waals surface area contributed by atoms with E-state index in [9.17, 15) is 0 Å². The van der Waals surface area contributed by atoms with Crippen LogP contribution < -0.4 is 4.74 Å². The topological polar surface area (TPSA) is 9.23 Å². The Bertz CT molecular complexity index is 1310. The van der Waals surface area contributed by atoms with Crippen LogP contribution in [-0.4, -0.2) is 6.61 Å². The van der Waals surface area contributed by atoms with Gasteiger partial charge in [-0.25, -0.2) is 0 Å². The Kier molecular flexibility index (Phi) is 7.43. The van der Waals surface area contributed by atoms with Crippen molar-refractivity contribution in [2.75, 3.05) is 6.61 Å². The first-order valence-electron chi connectivity index (χ1n) is 12.9. The molecule has 4 aromatic heterocycles. The first-order chi connectivity index (χ1) is 17.8. The van der Waals surface area contributed by atoms with Crippen molar-refractivity contribution in [3.8, 4) is 35.0 Å². The summed E-state index contributed by atoms with van der Waals surface area (Å²) in [7, 11) is 0. The van der Waals surface area contributed by atoms with E-state index in [-0.39, 0.29) is 5.92 Å². The summed E-state index contributed by atoms with van der Waals surface area (Å²) in [6.45, 7) is 3.08. The Morgan fingerprint density at radius 3 is 1.81 bits per heavy atom. The van der Waals surface area contributed by atoms with Crippen molar-refractivity contribution >= 4 is 45.3 Å². The number of benzene rings is 1. The smallest absolute Gasteiger partial charge is 0.119 e. The molecule has 0 fully saturated rings. The van der Waals surface area contributed by atoms with Gasteiger partial charge in [0.25, 0.3) is 0 Å². The molecule has 0 radical (unpaired) electrons. The zero-order valence-corrected chi connectivity index (χ0v) is 23.8. The van der Waals surface area contributed by atoms with E-state index in [0.29, 0.717) is 0 Å². The van der Waals surface area contributed by atoms with Gasteiger partial charge in [0.05, 0.1) is 6.61 Å². The molecule has 1 aromatic carbocycles. The van der Waals surface area contributed by atoms with Crippen molar-refractivity contribution in [1.82, 2.24) is 0 Å². The highest BCUT2D eigenvalue weighted by molar-refractivity contribution is 7.28. The summed E-state index contributed by atoms with van der Waals surface area (Å²) in [5, 5.41) is 4.35. The third-order valence-electron chi connectivity index (χ3n) is 6.86. The van der Waals surface area contributed by atoms with Gasteiger partial charge in [-0.05, 0) is 70.3 Å². The first kappa shape index (κ1) is 24.2. The highest BCUT2D eigenvalue weighted by atomic mass is 32.1. The van der Waals surface area contributed by atoms with Gasteiger partial charge in [0, 0.05) is 35.2 Å². The summed E-state index contributed by atoms with van der Waals surface area (Å²) < 4.78 is 6.08. The van der Waals surface area contributed by atoms with Gasteiger partial charge >= 0.3 is 0 Å². The molecule has 5 heteroatoms. The lowest BCUT2D eigenvalue weighted by Crippen LogP contribution is -2.00. The van der Waals surface area contributed by atoms with E-state index in [0.717, 1.165) is 18.8 Å². The van der Waals surface area contributed by atoms with Gasteiger partial charge in [-0.1, -0.05) is 63.3 Å². The Morgan fingerprint density at radius 1 is 0.667 bits per heavy atom. The van der Waals surface area contributed by atoms with Crippen LogP contribution in [0.2, 0.25) is 0 Å². The van der Waals surface area contributed by atoms with Crippen molar-refractivity contribution in [3.05, 3.63) is 88.1 Å². The number of hydrogen-bond acceptors (Lipinski definition) is 5. The van der Waals surface area contributed by atoms with Gasteiger partial charge in [0.1, 0.15) is 5.75 Å². The Hall–Kier alpha value is -2.18. The molecular weight excluding hydrogens is 517 g/mol. The normalized spacial score (nSPS) is 12.7. The Balaban J connectivity index is 1.25. The van der Waals surface area contributed by atoms with Crippen molar-refractivity contribution in [3.63, 3.8) is 0 Å². The van der Waals surface area contributed by atoms with E-state index < -0.39 is 0 Å². The maximum Gasteiger partial charge on any atom is 0.119 e. The van der Waals surface area contributed by atoms with E-state index in [2.05, 4.69) is 78.3 Å². The summed E-state index contributed by atoms with van der Waals surface area (Å²) >= 11 is 7.57. The van der Waals surface area contributed by atoms with Gasteiger partial charge in [-0.3, -0.25) is 0 Å². The number of fused-ring (bicyclic) bond motifs is 3.